The second-order valence-electron chi connectivity index (χ2n) is 8.06. The lowest BCUT2D eigenvalue weighted by molar-refractivity contribution is 0.320. The topological polar surface area (TPSA) is 78.8 Å². The van der Waals surface area contributed by atoms with Crippen molar-refractivity contribution >= 4 is 27.8 Å². The van der Waals surface area contributed by atoms with Crippen LogP contribution in [-0.2, 0) is 0 Å². The lowest BCUT2D eigenvalue weighted by Crippen LogP contribution is -2.16. The average molecular weight is 425 g/mol. The van der Waals surface area contributed by atoms with Crippen molar-refractivity contribution in [2.75, 3.05) is 5.73 Å². The molecule has 1 aliphatic rings. The van der Waals surface area contributed by atoms with Crippen LogP contribution in [0.3, 0.4) is 0 Å². The summed E-state index contributed by atoms with van der Waals surface area (Å²) in [5, 5.41) is 1.37. The van der Waals surface area contributed by atoms with Gasteiger partial charge in [-0.1, -0.05) is 30.3 Å². The van der Waals surface area contributed by atoms with E-state index in [0.717, 1.165) is 18.5 Å². The van der Waals surface area contributed by atoms with Gasteiger partial charge in [-0.15, -0.1) is 0 Å². The first-order chi connectivity index (χ1) is 15.7. The van der Waals surface area contributed by atoms with Crippen molar-refractivity contribution < 1.29 is 9.13 Å². The minimum atomic E-state index is -0.420. The lowest BCUT2D eigenvalue weighted by Gasteiger charge is -2.27. The number of nitrogens with zero attached hydrogens (tertiary/aromatic N) is 4. The standard InChI is InChI=1S/C25H20FN5O/c26-22-18(19-13-31(16-5-4-6-16)25-21(19)24(27)28-14-29-25)11-9-15-10-12-20(30-23(15)22)32-17-7-2-1-3-8-17/h1-3,7-14,16H,4-6H2,(H2,27,28,29). The van der Waals surface area contributed by atoms with Crippen LogP contribution < -0.4 is 10.5 Å². The van der Waals surface area contributed by atoms with Crippen LogP contribution in [0.5, 0.6) is 11.6 Å². The zero-order valence-electron chi connectivity index (χ0n) is 17.2. The van der Waals surface area contributed by atoms with E-state index in [1.165, 1.54) is 12.7 Å². The molecule has 2 N–H and O–H groups in total. The SMILES string of the molecule is Nc1ncnc2c1c(-c1ccc3ccc(Oc4ccccc4)nc3c1F)cn2C1CCC1. The molecule has 0 radical (unpaired) electrons. The second-order valence-corrected chi connectivity index (χ2v) is 8.06. The zero-order valence-corrected chi connectivity index (χ0v) is 17.2. The highest BCUT2D eigenvalue weighted by molar-refractivity contribution is 6.02. The van der Waals surface area contributed by atoms with E-state index in [1.807, 2.05) is 48.7 Å². The molecule has 7 heteroatoms. The Kier molecular flexibility index (Phi) is 4.28. The van der Waals surface area contributed by atoms with E-state index in [-0.39, 0.29) is 5.52 Å². The molecule has 32 heavy (non-hydrogen) atoms. The Bertz CT molecular complexity index is 1460. The Morgan fingerprint density at radius 2 is 1.78 bits per heavy atom. The van der Waals surface area contributed by atoms with Crippen LogP contribution in [0, 0.1) is 5.82 Å². The van der Waals surface area contributed by atoms with Crippen molar-refractivity contribution in [1.29, 1.82) is 0 Å². The Balaban J connectivity index is 1.51. The van der Waals surface area contributed by atoms with Crippen molar-refractivity contribution in [3.63, 3.8) is 0 Å². The second kappa shape index (κ2) is 7.30. The van der Waals surface area contributed by atoms with Crippen molar-refractivity contribution in [2.24, 2.45) is 0 Å². The molecule has 2 aromatic carbocycles. The number of halogens is 1. The summed E-state index contributed by atoms with van der Waals surface area (Å²) >= 11 is 0. The summed E-state index contributed by atoms with van der Waals surface area (Å²) < 4.78 is 23.8. The maximum absolute atomic E-state index is 15.8. The molecule has 0 spiro atoms. The predicted octanol–water partition coefficient (Wildman–Crippen LogP) is 5.89. The van der Waals surface area contributed by atoms with Crippen LogP contribution in [0.15, 0.2) is 67.1 Å². The van der Waals surface area contributed by atoms with E-state index >= 15 is 4.39 Å². The Hall–Kier alpha value is -4.00. The molecule has 0 amide bonds. The van der Waals surface area contributed by atoms with E-state index < -0.39 is 5.82 Å². The molecule has 0 unspecified atom stereocenters. The molecular weight excluding hydrogens is 405 g/mol. The third-order valence-electron chi connectivity index (χ3n) is 6.14. The van der Waals surface area contributed by atoms with Gasteiger partial charge in [0.15, 0.2) is 5.82 Å². The molecule has 158 valence electrons. The molecule has 5 aromatic rings. The Labute approximate surface area is 183 Å². The van der Waals surface area contributed by atoms with Gasteiger partial charge >= 0.3 is 0 Å². The molecule has 1 fully saturated rings. The predicted molar refractivity (Wildman–Crippen MR) is 122 cm³/mol. The summed E-state index contributed by atoms with van der Waals surface area (Å²) in [5.41, 5.74) is 8.31. The van der Waals surface area contributed by atoms with Crippen LogP contribution in [-0.4, -0.2) is 19.5 Å². The number of ether oxygens (including phenoxy) is 1. The number of nitrogens with two attached hydrogens (primary N) is 1. The quantitative estimate of drug-likeness (QED) is 0.389. The molecule has 0 aliphatic heterocycles. The van der Waals surface area contributed by atoms with E-state index in [9.17, 15) is 0 Å². The van der Waals surface area contributed by atoms with Gasteiger partial charge in [-0.05, 0) is 37.5 Å². The van der Waals surface area contributed by atoms with Crippen LogP contribution in [0.4, 0.5) is 10.2 Å². The Morgan fingerprint density at radius 1 is 0.969 bits per heavy atom. The van der Waals surface area contributed by atoms with E-state index in [1.54, 1.807) is 12.1 Å². The normalized spacial score (nSPS) is 14.0. The summed E-state index contributed by atoms with van der Waals surface area (Å²) in [6.07, 6.45) is 6.75. The molecule has 3 aromatic heterocycles. The molecule has 1 saturated carbocycles. The molecule has 3 heterocycles. The van der Waals surface area contributed by atoms with Gasteiger partial charge in [0.05, 0.1) is 5.39 Å². The van der Waals surface area contributed by atoms with Gasteiger partial charge in [-0.25, -0.2) is 19.3 Å². The van der Waals surface area contributed by atoms with Gasteiger partial charge in [0, 0.05) is 34.8 Å². The highest BCUT2D eigenvalue weighted by atomic mass is 19.1. The monoisotopic (exact) mass is 425 g/mol. The number of nitrogen functional groups attached to an aromatic ring is 1. The number of benzene rings is 2. The smallest absolute Gasteiger partial charge is 0.219 e. The fourth-order valence-corrected chi connectivity index (χ4v) is 4.27. The lowest BCUT2D eigenvalue weighted by atomic mass is 9.93. The molecule has 6 nitrogen and oxygen atoms in total. The van der Waals surface area contributed by atoms with Crippen molar-refractivity contribution in [2.45, 2.75) is 25.3 Å². The summed E-state index contributed by atoms with van der Waals surface area (Å²) in [6, 6.07) is 16.8. The van der Waals surface area contributed by atoms with Gasteiger partial charge in [0.1, 0.15) is 29.1 Å². The third kappa shape index (κ3) is 2.97. The van der Waals surface area contributed by atoms with Gasteiger partial charge in [-0.3, -0.25) is 0 Å². The average Bonchev–Trinajstić information content (AvgIpc) is 3.14. The maximum Gasteiger partial charge on any atom is 0.219 e. The van der Waals surface area contributed by atoms with E-state index in [0.29, 0.717) is 45.4 Å². The number of aromatic nitrogens is 4. The number of pyridine rings is 1. The first-order valence-corrected chi connectivity index (χ1v) is 10.6. The summed E-state index contributed by atoms with van der Waals surface area (Å²) in [7, 11) is 0. The van der Waals surface area contributed by atoms with Crippen molar-refractivity contribution in [3.05, 3.63) is 72.9 Å². The number of rotatable bonds is 4. The van der Waals surface area contributed by atoms with Gasteiger partial charge < -0.3 is 15.0 Å². The minimum absolute atomic E-state index is 0.246. The van der Waals surface area contributed by atoms with Crippen LogP contribution in [0.2, 0.25) is 0 Å². The summed E-state index contributed by atoms with van der Waals surface area (Å²) in [5.74, 6) is 0.900. The maximum atomic E-state index is 15.8. The Morgan fingerprint density at radius 3 is 2.56 bits per heavy atom. The fraction of sp³-hybridized carbons (Fsp3) is 0.160. The fourth-order valence-electron chi connectivity index (χ4n) is 4.27. The number of hydrogen-bond acceptors (Lipinski definition) is 5. The van der Waals surface area contributed by atoms with Gasteiger partial charge in [0.25, 0.3) is 0 Å². The van der Waals surface area contributed by atoms with E-state index in [2.05, 4.69) is 19.5 Å². The molecule has 0 saturated heterocycles. The molecule has 0 atom stereocenters. The highest BCUT2D eigenvalue weighted by Gasteiger charge is 2.26. The number of hydrogen-bond donors (Lipinski definition) is 1. The third-order valence-corrected chi connectivity index (χ3v) is 6.14. The largest absolute Gasteiger partial charge is 0.439 e. The first kappa shape index (κ1) is 18.7. The molecule has 1 aliphatic carbocycles. The van der Waals surface area contributed by atoms with E-state index in [4.69, 9.17) is 10.5 Å². The molecular formula is C25H20FN5O. The van der Waals surface area contributed by atoms with Crippen LogP contribution in [0.1, 0.15) is 25.3 Å². The highest BCUT2D eigenvalue weighted by Crippen LogP contribution is 2.41. The summed E-state index contributed by atoms with van der Waals surface area (Å²) in [4.78, 5) is 13.1. The zero-order chi connectivity index (χ0) is 21.7. The molecule has 6 rings (SSSR count). The number of fused-ring (bicyclic) bond motifs is 2. The molecule has 0 bridgehead atoms. The number of anilines is 1. The minimum Gasteiger partial charge on any atom is -0.439 e. The van der Waals surface area contributed by atoms with Crippen molar-refractivity contribution in [3.8, 4) is 22.8 Å². The van der Waals surface area contributed by atoms with Crippen LogP contribution >= 0.6 is 0 Å². The van der Waals surface area contributed by atoms with Crippen LogP contribution in [0.25, 0.3) is 33.1 Å². The van der Waals surface area contributed by atoms with Gasteiger partial charge in [0.2, 0.25) is 5.88 Å². The number of para-hydroxylation sites is 1. The van der Waals surface area contributed by atoms with Gasteiger partial charge in [-0.2, -0.15) is 0 Å². The first-order valence-electron chi connectivity index (χ1n) is 10.6. The van der Waals surface area contributed by atoms with Crippen molar-refractivity contribution in [1.82, 2.24) is 19.5 Å². The summed E-state index contributed by atoms with van der Waals surface area (Å²) in [6.45, 7) is 0.